The van der Waals surface area contributed by atoms with Gasteiger partial charge >= 0.3 is 0 Å². The highest BCUT2D eigenvalue weighted by atomic mass is 35.5. The van der Waals surface area contributed by atoms with Crippen LogP contribution in [0.5, 0.6) is 0 Å². The number of halogens is 1. The molecule has 0 fully saturated rings. The van der Waals surface area contributed by atoms with E-state index in [1.165, 1.54) is 25.7 Å². The Morgan fingerprint density at radius 2 is 1.77 bits per heavy atom. The first-order chi connectivity index (χ1) is 5.68. The average molecular weight is 206 g/mol. The number of primary amides is 1. The molecule has 0 aromatic carbocycles. The van der Waals surface area contributed by atoms with E-state index in [1.807, 2.05) is 0 Å². The van der Waals surface area contributed by atoms with Crippen molar-refractivity contribution in [3.8, 4) is 0 Å². The molecule has 0 rings (SSSR count). The summed E-state index contributed by atoms with van der Waals surface area (Å²) in [5, 5.41) is 0. The first-order valence-electron chi connectivity index (χ1n) is 4.66. The molecule has 2 N–H and O–H groups in total. The van der Waals surface area contributed by atoms with Crippen molar-refractivity contribution >= 4 is 18.3 Å². The molecule has 0 saturated carbocycles. The van der Waals surface area contributed by atoms with Crippen molar-refractivity contribution in [2.75, 3.05) is 0 Å². The summed E-state index contributed by atoms with van der Waals surface area (Å²) < 4.78 is 0. The molecule has 0 aromatic rings. The predicted octanol–water partition coefficient (Wildman–Crippen LogP) is 2.81. The number of amides is 1. The van der Waals surface area contributed by atoms with E-state index >= 15 is 0 Å². The van der Waals surface area contributed by atoms with Gasteiger partial charge in [0, 0.05) is 5.57 Å². The van der Waals surface area contributed by atoms with Gasteiger partial charge in [-0.15, -0.1) is 12.4 Å². The summed E-state index contributed by atoms with van der Waals surface area (Å²) in [5.41, 5.74) is 5.60. The Morgan fingerprint density at radius 1 is 1.23 bits per heavy atom. The molecular weight excluding hydrogens is 186 g/mol. The maximum absolute atomic E-state index is 10.5. The van der Waals surface area contributed by atoms with E-state index in [9.17, 15) is 4.79 Å². The van der Waals surface area contributed by atoms with Crippen LogP contribution >= 0.6 is 12.4 Å². The maximum atomic E-state index is 10.5. The molecule has 0 heterocycles. The van der Waals surface area contributed by atoms with Crippen molar-refractivity contribution in [1.82, 2.24) is 0 Å². The molecule has 0 spiro atoms. The highest BCUT2D eigenvalue weighted by Crippen LogP contribution is 2.08. The number of rotatable bonds is 7. The molecule has 0 aliphatic heterocycles. The third-order valence-corrected chi connectivity index (χ3v) is 1.93. The largest absolute Gasteiger partial charge is 0.366 e. The number of hydrogen-bond acceptors (Lipinski definition) is 1. The number of carbonyl (C=O) groups is 1. The molecule has 0 saturated heterocycles. The lowest BCUT2D eigenvalue weighted by Crippen LogP contribution is -2.12. The summed E-state index contributed by atoms with van der Waals surface area (Å²) in [5.74, 6) is -0.356. The second-order valence-electron chi connectivity index (χ2n) is 3.13. The van der Waals surface area contributed by atoms with Gasteiger partial charge in [-0.3, -0.25) is 4.79 Å². The van der Waals surface area contributed by atoms with E-state index in [1.54, 1.807) is 0 Å². The summed E-state index contributed by atoms with van der Waals surface area (Å²) >= 11 is 0. The van der Waals surface area contributed by atoms with E-state index < -0.39 is 0 Å². The highest BCUT2D eigenvalue weighted by Gasteiger charge is 1.99. The minimum absolute atomic E-state index is 0. The number of nitrogens with two attached hydrogens (primary N) is 1. The van der Waals surface area contributed by atoms with Crippen LogP contribution in [0.2, 0.25) is 0 Å². The number of unbranched alkanes of at least 4 members (excludes halogenated alkanes) is 4. The van der Waals surface area contributed by atoms with Gasteiger partial charge in [-0.05, 0) is 12.8 Å². The lowest BCUT2D eigenvalue weighted by molar-refractivity contribution is -0.114. The zero-order valence-electron chi connectivity index (χ0n) is 8.34. The zero-order chi connectivity index (χ0) is 9.40. The Hall–Kier alpha value is -0.500. The third kappa shape index (κ3) is 9.41. The fourth-order valence-electron chi connectivity index (χ4n) is 1.07. The summed E-state index contributed by atoms with van der Waals surface area (Å²) in [6.45, 7) is 5.78. The molecular formula is C10H20ClNO. The van der Waals surface area contributed by atoms with E-state index in [4.69, 9.17) is 5.73 Å². The smallest absolute Gasteiger partial charge is 0.244 e. The van der Waals surface area contributed by atoms with Crippen LogP contribution in [-0.2, 0) is 4.79 Å². The van der Waals surface area contributed by atoms with Crippen LogP contribution in [0.1, 0.15) is 45.4 Å². The Bertz CT molecular complexity index is 157. The zero-order valence-corrected chi connectivity index (χ0v) is 9.16. The van der Waals surface area contributed by atoms with Crippen LogP contribution in [0.25, 0.3) is 0 Å². The predicted molar refractivity (Wildman–Crippen MR) is 59.0 cm³/mol. The fourth-order valence-corrected chi connectivity index (χ4v) is 1.07. The number of carbonyl (C=O) groups excluding carboxylic acids is 1. The van der Waals surface area contributed by atoms with Crippen molar-refractivity contribution in [1.29, 1.82) is 0 Å². The summed E-state index contributed by atoms with van der Waals surface area (Å²) in [7, 11) is 0. The molecule has 0 aliphatic rings. The topological polar surface area (TPSA) is 43.1 Å². The Morgan fingerprint density at radius 3 is 2.23 bits per heavy atom. The second kappa shape index (κ2) is 9.59. The van der Waals surface area contributed by atoms with Gasteiger partial charge in [-0.25, -0.2) is 0 Å². The van der Waals surface area contributed by atoms with Crippen LogP contribution in [0.3, 0.4) is 0 Å². The van der Waals surface area contributed by atoms with E-state index in [0.29, 0.717) is 5.57 Å². The normalized spacial score (nSPS) is 9.00. The van der Waals surface area contributed by atoms with Gasteiger partial charge in [0.15, 0.2) is 0 Å². The average Bonchev–Trinajstić information content (AvgIpc) is 2.03. The van der Waals surface area contributed by atoms with Gasteiger partial charge in [0.25, 0.3) is 0 Å². The standard InChI is InChI=1S/C10H19NO.ClH/c1-3-4-5-6-7-8-9(2)10(11)12;/h2-8H2,1H3,(H2,11,12);1H. The van der Waals surface area contributed by atoms with Crippen molar-refractivity contribution in [2.45, 2.75) is 45.4 Å². The molecule has 0 aromatic heterocycles. The first kappa shape index (κ1) is 15.0. The van der Waals surface area contributed by atoms with Gasteiger partial charge < -0.3 is 5.73 Å². The lowest BCUT2D eigenvalue weighted by atomic mass is 10.1. The summed E-state index contributed by atoms with van der Waals surface area (Å²) in [4.78, 5) is 10.5. The lowest BCUT2D eigenvalue weighted by Gasteiger charge is -2.00. The minimum atomic E-state index is -0.356. The molecule has 13 heavy (non-hydrogen) atoms. The first-order valence-corrected chi connectivity index (χ1v) is 4.66. The molecule has 78 valence electrons. The van der Waals surface area contributed by atoms with Gasteiger partial charge in [0.1, 0.15) is 0 Å². The SMILES string of the molecule is C=C(CCCCCCC)C(N)=O.Cl. The fraction of sp³-hybridized carbons (Fsp3) is 0.700. The molecule has 0 aliphatic carbocycles. The van der Waals surface area contributed by atoms with E-state index in [0.717, 1.165) is 12.8 Å². The molecule has 0 bridgehead atoms. The van der Waals surface area contributed by atoms with E-state index in [2.05, 4.69) is 13.5 Å². The summed E-state index contributed by atoms with van der Waals surface area (Å²) in [6.07, 6.45) is 6.77. The molecule has 2 nitrogen and oxygen atoms in total. The Balaban J connectivity index is 0. The third-order valence-electron chi connectivity index (χ3n) is 1.93. The monoisotopic (exact) mass is 205 g/mol. The van der Waals surface area contributed by atoms with E-state index in [-0.39, 0.29) is 18.3 Å². The van der Waals surface area contributed by atoms with Crippen molar-refractivity contribution in [2.24, 2.45) is 5.73 Å². The van der Waals surface area contributed by atoms with Gasteiger partial charge in [0.05, 0.1) is 0 Å². The Labute approximate surface area is 87.0 Å². The molecule has 0 radical (unpaired) electrons. The van der Waals surface area contributed by atoms with Crippen molar-refractivity contribution < 1.29 is 4.79 Å². The maximum Gasteiger partial charge on any atom is 0.244 e. The van der Waals surface area contributed by atoms with Gasteiger partial charge in [-0.2, -0.15) is 0 Å². The number of hydrogen-bond donors (Lipinski definition) is 1. The van der Waals surface area contributed by atoms with Crippen LogP contribution in [0, 0.1) is 0 Å². The molecule has 0 atom stereocenters. The molecule has 1 amide bonds. The van der Waals surface area contributed by atoms with Crippen molar-refractivity contribution in [3.05, 3.63) is 12.2 Å². The second-order valence-corrected chi connectivity index (χ2v) is 3.13. The van der Waals surface area contributed by atoms with Crippen LogP contribution in [0.4, 0.5) is 0 Å². The van der Waals surface area contributed by atoms with Crippen molar-refractivity contribution in [3.63, 3.8) is 0 Å². The molecule has 0 unspecified atom stereocenters. The van der Waals surface area contributed by atoms with Crippen LogP contribution in [-0.4, -0.2) is 5.91 Å². The highest BCUT2D eigenvalue weighted by molar-refractivity contribution is 5.91. The minimum Gasteiger partial charge on any atom is -0.366 e. The quantitative estimate of drug-likeness (QED) is 0.504. The van der Waals surface area contributed by atoms with Gasteiger partial charge in [0.2, 0.25) is 5.91 Å². The van der Waals surface area contributed by atoms with Gasteiger partial charge in [-0.1, -0.05) is 39.2 Å². The summed E-state index contributed by atoms with van der Waals surface area (Å²) in [6, 6.07) is 0. The van der Waals surface area contributed by atoms with Crippen LogP contribution < -0.4 is 5.73 Å². The molecule has 3 heteroatoms. The Kier molecular flexibility index (Phi) is 11.1. The van der Waals surface area contributed by atoms with Crippen LogP contribution in [0.15, 0.2) is 12.2 Å².